The lowest BCUT2D eigenvalue weighted by molar-refractivity contribution is 0.267. The Morgan fingerprint density at radius 1 is 0.654 bits per heavy atom. The molecule has 4 heteroatoms. The first-order chi connectivity index (χ1) is 12.7. The van der Waals surface area contributed by atoms with E-state index in [0.717, 1.165) is 35.6 Å². The van der Waals surface area contributed by atoms with Crippen LogP contribution in [0.3, 0.4) is 0 Å². The van der Waals surface area contributed by atoms with E-state index in [-0.39, 0.29) is 12.1 Å². The van der Waals surface area contributed by atoms with Crippen molar-refractivity contribution in [1.82, 2.24) is 10.0 Å². The summed E-state index contributed by atoms with van der Waals surface area (Å²) in [5.74, 6) is 1.83. The molecule has 1 aliphatic rings. The van der Waals surface area contributed by atoms with E-state index in [4.69, 9.17) is 10.2 Å². The van der Waals surface area contributed by atoms with Crippen LogP contribution in [0, 0.1) is 0 Å². The number of hydrogen-bond donors (Lipinski definition) is 0. The lowest BCUT2D eigenvalue weighted by atomic mass is 10.1. The van der Waals surface area contributed by atoms with Crippen molar-refractivity contribution in [2.75, 3.05) is 0 Å². The van der Waals surface area contributed by atoms with E-state index >= 15 is 0 Å². The molecule has 2 aromatic carbocycles. The number of rotatable bonds is 6. The van der Waals surface area contributed by atoms with Gasteiger partial charge in [0.05, 0.1) is 12.1 Å². The van der Waals surface area contributed by atoms with Gasteiger partial charge in [0.25, 0.3) is 0 Å². The normalized spacial score (nSPS) is 16.8. The van der Waals surface area contributed by atoms with Crippen molar-refractivity contribution >= 4 is 11.7 Å². The van der Waals surface area contributed by atoms with E-state index < -0.39 is 0 Å². The Morgan fingerprint density at radius 2 is 1.00 bits per heavy atom. The molecule has 136 valence electrons. The molecule has 0 fully saturated rings. The summed E-state index contributed by atoms with van der Waals surface area (Å²) in [6, 6.07) is 21.2. The van der Waals surface area contributed by atoms with Crippen molar-refractivity contribution in [3.63, 3.8) is 0 Å². The highest BCUT2D eigenvalue weighted by Gasteiger charge is 2.29. The largest absolute Gasteiger partial charge is 0.241 e. The Morgan fingerprint density at radius 3 is 1.31 bits per heavy atom. The fourth-order valence-electron chi connectivity index (χ4n) is 2.91. The number of amidine groups is 2. The molecule has 2 unspecified atom stereocenters. The Hall–Kier alpha value is -2.62. The van der Waals surface area contributed by atoms with Crippen molar-refractivity contribution in [3.05, 3.63) is 71.8 Å². The van der Waals surface area contributed by atoms with Crippen LogP contribution in [0.25, 0.3) is 0 Å². The summed E-state index contributed by atoms with van der Waals surface area (Å²) in [5, 5.41) is 14.3. The molecule has 1 aliphatic heterocycles. The van der Waals surface area contributed by atoms with Crippen molar-refractivity contribution in [3.8, 4) is 0 Å². The fourth-order valence-corrected chi connectivity index (χ4v) is 2.91. The smallest absolute Gasteiger partial charge is 0.176 e. The number of benzene rings is 2. The molecule has 2 aromatic rings. The Balaban J connectivity index is 2.12. The van der Waals surface area contributed by atoms with Gasteiger partial charge in [-0.25, -0.2) is 10.0 Å². The zero-order chi connectivity index (χ0) is 18.5. The van der Waals surface area contributed by atoms with Gasteiger partial charge in [0, 0.05) is 11.1 Å². The molecule has 26 heavy (non-hydrogen) atoms. The Kier molecular flexibility index (Phi) is 5.71. The second-order valence-corrected chi connectivity index (χ2v) is 6.78. The lowest BCUT2D eigenvalue weighted by Gasteiger charge is -2.37. The monoisotopic (exact) mass is 348 g/mol. The lowest BCUT2D eigenvalue weighted by Crippen LogP contribution is -2.46. The summed E-state index contributed by atoms with van der Waals surface area (Å²) in [4.78, 5) is 0. The van der Waals surface area contributed by atoms with Crippen LogP contribution in [-0.2, 0) is 0 Å². The van der Waals surface area contributed by atoms with Gasteiger partial charge in [-0.1, -0.05) is 74.5 Å². The summed E-state index contributed by atoms with van der Waals surface area (Å²) in [5.41, 5.74) is 2.19. The Bertz CT molecular complexity index is 700. The van der Waals surface area contributed by atoms with E-state index in [1.54, 1.807) is 0 Å². The maximum absolute atomic E-state index is 5.08. The van der Waals surface area contributed by atoms with Gasteiger partial charge in [0.1, 0.15) is 0 Å². The van der Waals surface area contributed by atoms with E-state index in [0.29, 0.717) is 0 Å². The zero-order valence-corrected chi connectivity index (χ0v) is 16.1. The van der Waals surface area contributed by atoms with Crippen LogP contribution in [0.4, 0.5) is 0 Å². The molecule has 2 atom stereocenters. The number of nitrogens with zero attached hydrogens (tertiary/aromatic N) is 4. The molecule has 0 saturated carbocycles. The fraction of sp³-hybridized carbons (Fsp3) is 0.364. The second-order valence-electron chi connectivity index (χ2n) is 6.78. The van der Waals surface area contributed by atoms with E-state index in [9.17, 15) is 0 Å². The zero-order valence-electron chi connectivity index (χ0n) is 16.1. The highest BCUT2D eigenvalue weighted by Crippen LogP contribution is 2.23. The van der Waals surface area contributed by atoms with Gasteiger partial charge in [-0.15, -0.1) is 0 Å². The maximum atomic E-state index is 5.08. The summed E-state index contributed by atoms with van der Waals surface area (Å²) in [7, 11) is 0. The molecule has 0 N–H and O–H groups in total. The Labute approximate surface area is 156 Å². The molecular formula is C22H28N4. The molecule has 1 heterocycles. The first kappa shape index (κ1) is 18.2. The maximum Gasteiger partial charge on any atom is 0.176 e. The van der Waals surface area contributed by atoms with Crippen LogP contribution in [0.15, 0.2) is 70.9 Å². The summed E-state index contributed by atoms with van der Waals surface area (Å²) >= 11 is 0. The van der Waals surface area contributed by atoms with Crippen molar-refractivity contribution in [2.24, 2.45) is 10.2 Å². The second kappa shape index (κ2) is 8.17. The first-order valence-electron chi connectivity index (χ1n) is 9.52. The minimum atomic E-state index is 0.270. The van der Waals surface area contributed by atoms with Gasteiger partial charge in [0.15, 0.2) is 11.7 Å². The topological polar surface area (TPSA) is 31.2 Å². The van der Waals surface area contributed by atoms with Gasteiger partial charge in [0.2, 0.25) is 0 Å². The third kappa shape index (κ3) is 3.64. The predicted molar refractivity (Wildman–Crippen MR) is 109 cm³/mol. The molecule has 0 radical (unpaired) electrons. The molecule has 0 aliphatic carbocycles. The molecule has 0 saturated heterocycles. The molecule has 4 nitrogen and oxygen atoms in total. The van der Waals surface area contributed by atoms with Crippen molar-refractivity contribution < 1.29 is 0 Å². The minimum absolute atomic E-state index is 0.270. The van der Waals surface area contributed by atoms with Gasteiger partial charge in [-0.3, -0.25) is 0 Å². The van der Waals surface area contributed by atoms with Gasteiger partial charge in [-0.2, -0.15) is 10.2 Å². The molecule has 0 amide bonds. The van der Waals surface area contributed by atoms with Crippen LogP contribution >= 0.6 is 0 Å². The van der Waals surface area contributed by atoms with Crippen LogP contribution in [0.5, 0.6) is 0 Å². The molecule has 0 spiro atoms. The predicted octanol–water partition coefficient (Wildman–Crippen LogP) is 4.92. The first-order valence-corrected chi connectivity index (χ1v) is 9.52. The molecular weight excluding hydrogens is 320 g/mol. The van der Waals surface area contributed by atoms with E-state index in [1.807, 2.05) is 12.1 Å². The standard InChI is InChI=1S/C22H28N4/c1-5-17(3)25-21(19-13-9-7-10-14-19)24-26(18(4)6-2)22(23-25)20-15-11-8-12-16-20/h7-18H,5-6H2,1-4H3. The quantitative estimate of drug-likeness (QED) is 0.741. The number of hydrazone groups is 2. The third-order valence-electron chi connectivity index (χ3n) is 4.92. The summed E-state index contributed by atoms with van der Waals surface area (Å²) in [6.45, 7) is 8.77. The average molecular weight is 348 g/mol. The average Bonchev–Trinajstić information content (AvgIpc) is 2.73. The summed E-state index contributed by atoms with van der Waals surface area (Å²) in [6.07, 6.45) is 2.00. The van der Waals surface area contributed by atoms with E-state index in [2.05, 4.69) is 86.2 Å². The molecule has 0 bridgehead atoms. The highest BCUT2D eigenvalue weighted by molar-refractivity contribution is 6.06. The van der Waals surface area contributed by atoms with Gasteiger partial charge in [-0.05, 0) is 26.7 Å². The molecule has 3 rings (SSSR count). The summed E-state index contributed by atoms with van der Waals surface area (Å²) < 4.78 is 0. The van der Waals surface area contributed by atoms with Crippen LogP contribution in [0.1, 0.15) is 51.7 Å². The van der Waals surface area contributed by atoms with Crippen LogP contribution < -0.4 is 0 Å². The minimum Gasteiger partial charge on any atom is -0.241 e. The van der Waals surface area contributed by atoms with Crippen molar-refractivity contribution in [1.29, 1.82) is 0 Å². The van der Waals surface area contributed by atoms with Crippen LogP contribution in [0.2, 0.25) is 0 Å². The van der Waals surface area contributed by atoms with Gasteiger partial charge < -0.3 is 0 Å². The highest BCUT2D eigenvalue weighted by atomic mass is 15.6. The number of hydrogen-bond acceptors (Lipinski definition) is 4. The van der Waals surface area contributed by atoms with E-state index in [1.165, 1.54) is 0 Å². The SMILES string of the molecule is CCC(C)N1N=C(c2ccccc2)N(C(C)CC)N=C1c1ccccc1. The van der Waals surface area contributed by atoms with Crippen molar-refractivity contribution in [2.45, 2.75) is 52.6 Å². The third-order valence-corrected chi connectivity index (χ3v) is 4.92. The van der Waals surface area contributed by atoms with Crippen LogP contribution in [-0.4, -0.2) is 33.8 Å². The molecule has 0 aromatic heterocycles. The van der Waals surface area contributed by atoms with Gasteiger partial charge >= 0.3 is 0 Å².